The van der Waals surface area contributed by atoms with Gasteiger partial charge in [-0.15, -0.1) is 11.3 Å². The largest absolute Gasteiger partial charge is 0.305 e. The van der Waals surface area contributed by atoms with E-state index in [4.69, 9.17) is 11.6 Å². The van der Waals surface area contributed by atoms with Gasteiger partial charge in [-0.05, 0) is 38.1 Å². The van der Waals surface area contributed by atoms with E-state index in [0.717, 1.165) is 0 Å². The zero-order chi connectivity index (χ0) is 14.7. The van der Waals surface area contributed by atoms with E-state index in [0.29, 0.717) is 17.1 Å². The second-order valence-corrected chi connectivity index (χ2v) is 6.34. The molecule has 0 fully saturated rings. The molecule has 0 saturated carbocycles. The molecular formula is C14H15ClN2O2S. The van der Waals surface area contributed by atoms with Crippen molar-refractivity contribution in [1.29, 1.82) is 0 Å². The summed E-state index contributed by atoms with van der Waals surface area (Å²) in [7, 11) is 0. The molecule has 2 aromatic rings. The summed E-state index contributed by atoms with van der Waals surface area (Å²) in [6, 6.07) is 8.91. The van der Waals surface area contributed by atoms with Crippen LogP contribution in [0.1, 0.15) is 28.3 Å². The molecule has 1 N–H and O–H groups in total. The Morgan fingerprint density at radius 2 is 2.15 bits per heavy atom. The normalized spacial score (nSPS) is 12.3. The maximum atomic E-state index is 11.0. The van der Waals surface area contributed by atoms with Crippen LogP contribution in [0, 0.1) is 17.0 Å². The quantitative estimate of drug-likeness (QED) is 0.655. The fraction of sp³-hybridized carbons (Fsp3) is 0.286. The van der Waals surface area contributed by atoms with Gasteiger partial charge in [0.05, 0.1) is 4.92 Å². The van der Waals surface area contributed by atoms with Gasteiger partial charge in [-0.25, -0.2) is 0 Å². The van der Waals surface area contributed by atoms with Crippen LogP contribution in [-0.4, -0.2) is 4.92 Å². The van der Waals surface area contributed by atoms with Gasteiger partial charge in [0.2, 0.25) is 0 Å². The number of nitro groups is 1. The maximum Gasteiger partial charge on any atom is 0.273 e. The summed E-state index contributed by atoms with van der Waals surface area (Å²) in [5.41, 5.74) is 0.694. The van der Waals surface area contributed by atoms with Crippen molar-refractivity contribution in [3.8, 4) is 0 Å². The smallest absolute Gasteiger partial charge is 0.273 e. The first-order valence-electron chi connectivity index (χ1n) is 6.20. The average molecular weight is 311 g/mol. The summed E-state index contributed by atoms with van der Waals surface area (Å²) >= 11 is 7.63. The third-order valence-electron chi connectivity index (χ3n) is 3.02. The van der Waals surface area contributed by atoms with Crippen molar-refractivity contribution >= 4 is 28.6 Å². The van der Waals surface area contributed by atoms with Gasteiger partial charge in [0.15, 0.2) is 0 Å². The Bertz CT molecular complexity index is 627. The summed E-state index contributed by atoms with van der Waals surface area (Å²) in [6.45, 7) is 4.51. The highest BCUT2D eigenvalue weighted by atomic mass is 35.5. The van der Waals surface area contributed by atoms with Crippen LogP contribution >= 0.6 is 22.9 Å². The first kappa shape index (κ1) is 15.0. The number of nitrogens with one attached hydrogen (secondary N) is 1. The van der Waals surface area contributed by atoms with Crippen LogP contribution in [0.25, 0.3) is 0 Å². The van der Waals surface area contributed by atoms with Gasteiger partial charge in [-0.2, -0.15) is 0 Å². The standard InChI is InChI=1S/C14H15ClN2O2S/c1-9-3-6-14(20-9)10(2)16-8-11-7-12(15)4-5-13(11)17(18)19/h3-7,10,16H,8H2,1-2H3. The monoisotopic (exact) mass is 310 g/mol. The van der Waals surface area contributed by atoms with Gasteiger partial charge >= 0.3 is 0 Å². The van der Waals surface area contributed by atoms with Crippen LogP contribution in [0.5, 0.6) is 0 Å². The minimum absolute atomic E-state index is 0.0939. The van der Waals surface area contributed by atoms with Crippen LogP contribution in [0.2, 0.25) is 5.02 Å². The molecule has 1 unspecified atom stereocenters. The zero-order valence-corrected chi connectivity index (χ0v) is 12.8. The molecule has 20 heavy (non-hydrogen) atoms. The lowest BCUT2D eigenvalue weighted by molar-refractivity contribution is -0.385. The van der Waals surface area contributed by atoms with Crippen molar-refractivity contribution in [2.45, 2.75) is 26.4 Å². The first-order chi connectivity index (χ1) is 9.47. The van der Waals surface area contributed by atoms with Gasteiger partial charge in [0, 0.05) is 39.0 Å². The van der Waals surface area contributed by atoms with Crippen LogP contribution < -0.4 is 5.32 Å². The predicted molar refractivity (Wildman–Crippen MR) is 82.4 cm³/mol. The lowest BCUT2D eigenvalue weighted by atomic mass is 10.1. The highest BCUT2D eigenvalue weighted by Crippen LogP contribution is 2.25. The number of halogens is 1. The minimum atomic E-state index is -0.382. The molecule has 1 heterocycles. The third kappa shape index (κ3) is 3.56. The molecule has 0 radical (unpaired) electrons. The fourth-order valence-electron chi connectivity index (χ4n) is 1.92. The van der Waals surface area contributed by atoms with Crippen molar-refractivity contribution in [2.75, 3.05) is 0 Å². The number of nitro benzene ring substituents is 1. The summed E-state index contributed by atoms with van der Waals surface area (Å²) in [6.07, 6.45) is 0. The molecule has 0 amide bonds. The lowest BCUT2D eigenvalue weighted by Crippen LogP contribution is -2.17. The van der Waals surface area contributed by atoms with Gasteiger partial charge in [0.25, 0.3) is 5.69 Å². The Labute approximate surface area is 126 Å². The number of benzene rings is 1. The molecule has 4 nitrogen and oxygen atoms in total. The number of hydrogen-bond donors (Lipinski definition) is 1. The van der Waals surface area contributed by atoms with Crippen molar-refractivity contribution in [3.05, 3.63) is 60.8 Å². The van der Waals surface area contributed by atoms with E-state index in [2.05, 4.69) is 24.4 Å². The molecule has 0 spiro atoms. The van der Waals surface area contributed by atoms with E-state index in [-0.39, 0.29) is 16.7 Å². The highest BCUT2D eigenvalue weighted by Gasteiger charge is 2.15. The first-order valence-corrected chi connectivity index (χ1v) is 7.39. The molecule has 0 aliphatic carbocycles. The molecule has 1 atom stereocenters. The number of hydrogen-bond acceptors (Lipinski definition) is 4. The van der Waals surface area contributed by atoms with Crippen LogP contribution in [0.15, 0.2) is 30.3 Å². The van der Waals surface area contributed by atoms with Crippen LogP contribution in [-0.2, 0) is 6.54 Å². The second-order valence-electron chi connectivity index (χ2n) is 4.58. The molecule has 106 valence electrons. The number of nitrogens with zero attached hydrogens (tertiary/aromatic N) is 1. The van der Waals surface area contributed by atoms with Crippen molar-refractivity contribution < 1.29 is 4.92 Å². The van der Waals surface area contributed by atoms with E-state index >= 15 is 0 Å². The number of aryl methyl sites for hydroxylation is 1. The van der Waals surface area contributed by atoms with Gasteiger partial charge in [0.1, 0.15) is 0 Å². The number of thiophene rings is 1. The van der Waals surface area contributed by atoms with E-state index in [1.807, 2.05) is 6.92 Å². The summed E-state index contributed by atoms with van der Waals surface area (Å²) in [5, 5.41) is 14.8. The molecule has 1 aromatic carbocycles. The molecule has 0 aliphatic rings. The Hall–Kier alpha value is -1.43. The molecule has 6 heteroatoms. The molecule has 0 aliphatic heterocycles. The minimum Gasteiger partial charge on any atom is -0.305 e. The maximum absolute atomic E-state index is 11.0. The van der Waals surface area contributed by atoms with Crippen LogP contribution in [0.4, 0.5) is 5.69 Å². The predicted octanol–water partition coefficient (Wildman–Crippen LogP) is 4.47. The molecule has 2 rings (SSSR count). The Morgan fingerprint density at radius 1 is 1.40 bits per heavy atom. The summed E-state index contributed by atoms with van der Waals surface area (Å²) < 4.78 is 0. The van der Waals surface area contributed by atoms with Gasteiger partial charge < -0.3 is 5.32 Å². The van der Waals surface area contributed by atoms with Crippen LogP contribution in [0.3, 0.4) is 0 Å². The van der Waals surface area contributed by atoms with Crippen molar-refractivity contribution in [1.82, 2.24) is 5.32 Å². The van der Waals surface area contributed by atoms with E-state index in [9.17, 15) is 10.1 Å². The SMILES string of the molecule is Cc1ccc(C(C)NCc2cc(Cl)ccc2[N+](=O)[O-])s1. The van der Waals surface area contributed by atoms with Gasteiger partial charge in [-0.1, -0.05) is 11.6 Å². The van der Waals surface area contributed by atoms with E-state index in [1.165, 1.54) is 21.9 Å². The zero-order valence-electron chi connectivity index (χ0n) is 11.2. The highest BCUT2D eigenvalue weighted by molar-refractivity contribution is 7.12. The summed E-state index contributed by atoms with van der Waals surface area (Å²) in [4.78, 5) is 13.1. The lowest BCUT2D eigenvalue weighted by Gasteiger charge is -2.12. The van der Waals surface area contributed by atoms with Crippen molar-refractivity contribution in [2.24, 2.45) is 0 Å². The van der Waals surface area contributed by atoms with Gasteiger partial charge in [-0.3, -0.25) is 10.1 Å². The molecular weight excluding hydrogens is 296 g/mol. The topological polar surface area (TPSA) is 55.2 Å². The fourth-order valence-corrected chi connectivity index (χ4v) is 3.02. The Morgan fingerprint density at radius 3 is 2.75 bits per heavy atom. The third-order valence-corrected chi connectivity index (χ3v) is 4.44. The summed E-state index contributed by atoms with van der Waals surface area (Å²) in [5.74, 6) is 0. The second kappa shape index (κ2) is 6.35. The molecule has 0 bridgehead atoms. The van der Waals surface area contributed by atoms with Crippen molar-refractivity contribution in [3.63, 3.8) is 0 Å². The Balaban J connectivity index is 2.10. The molecule has 1 aromatic heterocycles. The molecule has 0 saturated heterocycles. The Kier molecular flexibility index (Phi) is 4.75. The number of rotatable bonds is 5. The van der Waals surface area contributed by atoms with E-state index < -0.39 is 0 Å². The van der Waals surface area contributed by atoms with E-state index in [1.54, 1.807) is 17.4 Å². The average Bonchev–Trinajstić information content (AvgIpc) is 2.82.